The van der Waals surface area contributed by atoms with Gasteiger partial charge in [0.25, 0.3) is 0 Å². The maximum absolute atomic E-state index is 11.2. The molecule has 0 spiro atoms. The molecular weight excluding hydrogens is 240 g/mol. The number of benzene rings is 1. The Kier molecular flexibility index (Phi) is 2.76. The van der Waals surface area contributed by atoms with Crippen molar-refractivity contribution < 1.29 is 9.21 Å². The lowest BCUT2D eigenvalue weighted by atomic mass is 10.2. The molecule has 0 aliphatic heterocycles. The van der Waals surface area contributed by atoms with Crippen LogP contribution in [0.4, 0.5) is 0 Å². The first-order chi connectivity index (χ1) is 9.29. The third-order valence-electron chi connectivity index (χ3n) is 3.03. The fourth-order valence-electron chi connectivity index (χ4n) is 2.04. The van der Waals surface area contributed by atoms with Crippen molar-refractivity contribution in [1.82, 2.24) is 9.78 Å². The Morgan fingerprint density at radius 1 is 1.26 bits per heavy atom. The van der Waals surface area contributed by atoms with E-state index in [-0.39, 0.29) is 0 Å². The molecule has 94 valence electrons. The number of para-hydroxylation sites is 1. The van der Waals surface area contributed by atoms with Crippen molar-refractivity contribution in [1.29, 1.82) is 0 Å². The average Bonchev–Trinajstić information content (AvgIpc) is 3.08. The summed E-state index contributed by atoms with van der Waals surface area (Å²) in [6.45, 7) is 2.01. The molecule has 19 heavy (non-hydrogen) atoms. The van der Waals surface area contributed by atoms with E-state index >= 15 is 0 Å². The quantitative estimate of drug-likeness (QED) is 0.672. The number of carbonyl (C=O) groups is 1. The molecule has 0 saturated carbocycles. The molecule has 0 N–H and O–H groups in total. The van der Waals surface area contributed by atoms with Gasteiger partial charge in [-0.15, -0.1) is 0 Å². The van der Waals surface area contributed by atoms with E-state index in [4.69, 9.17) is 4.42 Å². The molecule has 2 heterocycles. The van der Waals surface area contributed by atoms with Gasteiger partial charge in [-0.25, -0.2) is 4.68 Å². The van der Waals surface area contributed by atoms with Crippen LogP contribution in [-0.2, 0) is 0 Å². The van der Waals surface area contributed by atoms with Crippen molar-refractivity contribution in [2.75, 3.05) is 0 Å². The van der Waals surface area contributed by atoms with Crippen LogP contribution in [0.3, 0.4) is 0 Å². The minimum Gasteiger partial charge on any atom is -0.472 e. The van der Waals surface area contributed by atoms with Crippen LogP contribution >= 0.6 is 0 Å². The molecule has 3 aromatic rings. The number of furan rings is 1. The van der Waals surface area contributed by atoms with Gasteiger partial charge in [-0.2, -0.15) is 5.10 Å². The van der Waals surface area contributed by atoms with E-state index in [1.54, 1.807) is 29.5 Å². The molecule has 4 nitrogen and oxygen atoms in total. The van der Waals surface area contributed by atoms with Crippen molar-refractivity contribution in [2.24, 2.45) is 0 Å². The van der Waals surface area contributed by atoms with Crippen LogP contribution in [0.15, 0.2) is 53.5 Å². The number of hydrogen-bond acceptors (Lipinski definition) is 3. The van der Waals surface area contributed by atoms with Gasteiger partial charge in [0.1, 0.15) is 5.69 Å². The summed E-state index contributed by atoms with van der Waals surface area (Å²) in [5.41, 5.74) is 4.03. The van der Waals surface area contributed by atoms with E-state index < -0.39 is 0 Å². The minimum absolute atomic E-state index is 0.546. The molecular formula is C15H12N2O2. The predicted molar refractivity (Wildman–Crippen MR) is 71.4 cm³/mol. The highest BCUT2D eigenvalue weighted by Crippen LogP contribution is 2.23. The first-order valence-corrected chi connectivity index (χ1v) is 5.93. The lowest BCUT2D eigenvalue weighted by Gasteiger charge is -2.04. The zero-order chi connectivity index (χ0) is 13.2. The van der Waals surface area contributed by atoms with Gasteiger partial charge in [-0.1, -0.05) is 18.2 Å². The van der Waals surface area contributed by atoms with Crippen LogP contribution < -0.4 is 0 Å². The monoisotopic (exact) mass is 252 g/mol. The van der Waals surface area contributed by atoms with Crippen LogP contribution in [0.1, 0.15) is 15.9 Å². The highest BCUT2D eigenvalue weighted by atomic mass is 16.3. The highest BCUT2D eigenvalue weighted by Gasteiger charge is 2.13. The Bertz CT molecular complexity index is 712. The standard InChI is InChI=1S/C15H12N2O2/c1-11-4-2-3-5-14(11)17-8-13(9-18)15(16-17)12-6-7-19-10-12/h2-10H,1H3. The van der Waals surface area contributed by atoms with E-state index in [0.29, 0.717) is 11.3 Å². The fraction of sp³-hybridized carbons (Fsp3) is 0.0667. The topological polar surface area (TPSA) is 48.0 Å². The smallest absolute Gasteiger partial charge is 0.153 e. The number of rotatable bonds is 3. The summed E-state index contributed by atoms with van der Waals surface area (Å²) >= 11 is 0. The Labute approximate surface area is 110 Å². The largest absolute Gasteiger partial charge is 0.472 e. The maximum atomic E-state index is 11.2. The molecule has 2 aromatic heterocycles. The molecule has 0 aliphatic carbocycles. The Morgan fingerprint density at radius 3 is 2.79 bits per heavy atom. The van der Waals surface area contributed by atoms with Crippen LogP contribution in [-0.4, -0.2) is 16.1 Å². The summed E-state index contributed by atoms with van der Waals surface area (Å²) in [4.78, 5) is 11.2. The SMILES string of the molecule is Cc1ccccc1-n1cc(C=O)c(-c2ccoc2)n1. The van der Waals surface area contributed by atoms with Gasteiger partial charge >= 0.3 is 0 Å². The van der Waals surface area contributed by atoms with Crippen molar-refractivity contribution in [2.45, 2.75) is 6.92 Å². The molecule has 0 unspecified atom stereocenters. The number of aryl methyl sites for hydroxylation is 1. The van der Waals surface area contributed by atoms with Gasteiger partial charge in [-0.05, 0) is 24.6 Å². The fourth-order valence-corrected chi connectivity index (χ4v) is 2.04. The molecule has 4 heteroatoms. The molecule has 0 amide bonds. The zero-order valence-electron chi connectivity index (χ0n) is 10.4. The predicted octanol–water partition coefficient (Wildman–Crippen LogP) is 3.25. The van der Waals surface area contributed by atoms with Crippen molar-refractivity contribution >= 4 is 6.29 Å². The number of aldehydes is 1. The Balaban J connectivity index is 2.15. The summed E-state index contributed by atoms with van der Waals surface area (Å²) in [6.07, 6.45) is 5.69. The normalized spacial score (nSPS) is 10.6. The molecule has 0 bridgehead atoms. The number of nitrogens with zero attached hydrogens (tertiary/aromatic N) is 2. The van der Waals surface area contributed by atoms with Crippen LogP contribution in [0.2, 0.25) is 0 Å². The van der Waals surface area contributed by atoms with Crippen molar-refractivity contribution in [3.8, 4) is 16.9 Å². The van der Waals surface area contributed by atoms with E-state index in [9.17, 15) is 4.79 Å². The summed E-state index contributed by atoms with van der Waals surface area (Å²) < 4.78 is 6.77. The van der Waals surface area contributed by atoms with Crippen LogP contribution in [0.25, 0.3) is 16.9 Å². The first kappa shape index (κ1) is 11.5. The maximum Gasteiger partial charge on any atom is 0.153 e. The molecule has 0 aliphatic rings. The molecule has 0 saturated heterocycles. The average molecular weight is 252 g/mol. The molecule has 0 radical (unpaired) electrons. The van der Waals surface area contributed by atoms with Crippen molar-refractivity contribution in [3.63, 3.8) is 0 Å². The minimum atomic E-state index is 0.546. The van der Waals surface area contributed by atoms with Crippen LogP contribution in [0, 0.1) is 6.92 Å². The highest BCUT2D eigenvalue weighted by molar-refractivity contribution is 5.85. The third kappa shape index (κ3) is 1.97. The van der Waals surface area contributed by atoms with Gasteiger partial charge in [0.2, 0.25) is 0 Å². The van der Waals surface area contributed by atoms with Gasteiger partial charge in [0, 0.05) is 11.8 Å². The van der Waals surface area contributed by atoms with Crippen molar-refractivity contribution in [3.05, 3.63) is 60.2 Å². The lowest BCUT2D eigenvalue weighted by Crippen LogP contribution is -1.97. The number of aromatic nitrogens is 2. The van der Waals surface area contributed by atoms with Gasteiger partial charge < -0.3 is 4.42 Å². The van der Waals surface area contributed by atoms with E-state index in [1.807, 2.05) is 31.2 Å². The van der Waals surface area contributed by atoms with Gasteiger partial charge in [0.15, 0.2) is 6.29 Å². The summed E-state index contributed by atoms with van der Waals surface area (Å²) in [5, 5.41) is 4.48. The molecule has 0 atom stereocenters. The first-order valence-electron chi connectivity index (χ1n) is 5.93. The Morgan fingerprint density at radius 2 is 2.11 bits per heavy atom. The summed E-state index contributed by atoms with van der Waals surface area (Å²) in [6, 6.07) is 9.69. The molecule has 1 aromatic carbocycles. The van der Waals surface area contributed by atoms with E-state index in [1.165, 1.54) is 0 Å². The zero-order valence-corrected chi connectivity index (χ0v) is 10.4. The second kappa shape index (κ2) is 4.57. The lowest BCUT2D eigenvalue weighted by molar-refractivity contribution is 0.112. The van der Waals surface area contributed by atoms with Crippen LogP contribution in [0.5, 0.6) is 0 Å². The number of carbonyl (C=O) groups excluding carboxylic acids is 1. The van der Waals surface area contributed by atoms with Gasteiger partial charge in [0.05, 0.1) is 23.8 Å². The summed E-state index contributed by atoms with van der Waals surface area (Å²) in [5.74, 6) is 0. The van der Waals surface area contributed by atoms with Gasteiger partial charge in [-0.3, -0.25) is 4.79 Å². The summed E-state index contributed by atoms with van der Waals surface area (Å²) in [7, 11) is 0. The second-order valence-corrected chi connectivity index (χ2v) is 4.29. The molecule has 0 fully saturated rings. The second-order valence-electron chi connectivity index (χ2n) is 4.29. The van der Waals surface area contributed by atoms with E-state index in [2.05, 4.69) is 5.10 Å². The number of hydrogen-bond donors (Lipinski definition) is 0. The van der Waals surface area contributed by atoms with E-state index in [0.717, 1.165) is 23.1 Å². The Hall–Kier alpha value is -2.62. The third-order valence-corrected chi connectivity index (χ3v) is 3.03. The molecule has 3 rings (SSSR count).